The third-order valence-corrected chi connectivity index (χ3v) is 6.53. The number of hydrogen-bond donors (Lipinski definition) is 0. The molecule has 134 valence electrons. The van der Waals surface area contributed by atoms with Crippen LogP contribution in [0.25, 0.3) is 0 Å². The van der Waals surface area contributed by atoms with Gasteiger partial charge in [0.15, 0.2) is 0 Å². The Morgan fingerprint density at radius 1 is 1.08 bits per heavy atom. The van der Waals surface area contributed by atoms with E-state index in [9.17, 15) is 13.2 Å². The molecule has 2 aromatic rings. The highest BCUT2D eigenvalue weighted by atomic mass is 32.2. The molecule has 1 saturated heterocycles. The fourth-order valence-electron chi connectivity index (χ4n) is 3.10. The zero-order valence-corrected chi connectivity index (χ0v) is 15.3. The summed E-state index contributed by atoms with van der Waals surface area (Å²) in [5.41, 5.74) is 1.25. The lowest BCUT2D eigenvalue weighted by Crippen LogP contribution is -2.55. The molecular formula is C20H20N2O3S. The number of amides is 1. The second-order valence-corrected chi connectivity index (χ2v) is 8.14. The molecule has 0 aliphatic carbocycles. The summed E-state index contributed by atoms with van der Waals surface area (Å²) in [6, 6.07) is 15.0. The minimum atomic E-state index is -3.62. The fraction of sp³-hybridized carbons (Fsp3) is 0.250. The Bertz CT molecular complexity index is 931. The Morgan fingerprint density at radius 3 is 2.31 bits per heavy atom. The first kappa shape index (κ1) is 18.2. The van der Waals surface area contributed by atoms with Crippen molar-refractivity contribution in [1.29, 1.82) is 0 Å². The predicted molar refractivity (Wildman–Crippen MR) is 100 cm³/mol. The van der Waals surface area contributed by atoms with E-state index in [0.29, 0.717) is 24.2 Å². The number of piperazine rings is 1. The number of benzene rings is 2. The van der Waals surface area contributed by atoms with Crippen molar-refractivity contribution in [2.45, 2.75) is 17.9 Å². The molecule has 0 aromatic heterocycles. The van der Waals surface area contributed by atoms with Crippen LogP contribution in [0.15, 0.2) is 59.5 Å². The molecule has 0 unspecified atom stereocenters. The molecule has 1 fully saturated rings. The Balaban J connectivity index is 1.76. The van der Waals surface area contributed by atoms with E-state index >= 15 is 0 Å². The molecule has 1 aliphatic heterocycles. The van der Waals surface area contributed by atoms with E-state index in [1.165, 1.54) is 16.4 Å². The molecule has 1 heterocycles. The maximum absolute atomic E-state index is 12.9. The van der Waals surface area contributed by atoms with Gasteiger partial charge in [-0.25, -0.2) is 8.42 Å². The minimum Gasteiger partial charge on any atom is -0.336 e. The lowest BCUT2D eigenvalue weighted by molar-refractivity contribution is 0.0642. The van der Waals surface area contributed by atoms with Gasteiger partial charge in [0.2, 0.25) is 10.0 Å². The van der Waals surface area contributed by atoms with Crippen molar-refractivity contribution in [2.75, 3.05) is 19.6 Å². The smallest absolute Gasteiger partial charge is 0.253 e. The van der Waals surface area contributed by atoms with Gasteiger partial charge in [-0.3, -0.25) is 4.79 Å². The molecule has 3 rings (SSSR count). The van der Waals surface area contributed by atoms with Gasteiger partial charge in [0.05, 0.1) is 4.90 Å². The van der Waals surface area contributed by atoms with Crippen molar-refractivity contribution in [3.05, 3.63) is 65.7 Å². The Hall–Kier alpha value is -2.62. The van der Waals surface area contributed by atoms with E-state index in [1.807, 2.05) is 25.1 Å². The molecule has 6 heteroatoms. The van der Waals surface area contributed by atoms with Gasteiger partial charge >= 0.3 is 0 Å². The summed E-state index contributed by atoms with van der Waals surface area (Å²) >= 11 is 0. The molecule has 0 N–H and O–H groups in total. The largest absolute Gasteiger partial charge is 0.336 e. The zero-order valence-electron chi connectivity index (χ0n) is 14.5. The first-order valence-electron chi connectivity index (χ1n) is 8.36. The third kappa shape index (κ3) is 3.50. The Kier molecular flexibility index (Phi) is 5.12. The van der Waals surface area contributed by atoms with Crippen molar-refractivity contribution in [2.24, 2.45) is 0 Å². The van der Waals surface area contributed by atoms with E-state index in [4.69, 9.17) is 6.42 Å². The number of carbonyl (C=O) groups excluding carboxylic acids is 1. The molecule has 0 saturated carbocycles. The average Bonchev–Trinajstić information content (AvgIpc) is 2.67. The molecule has 26 heavy (non-hydrogen) atoms. The van der Waals surface area contributed by atoms with Gasteiger partial charge in [-0.1, -0.05) is 24.1 Å². The van der Waals surface area contributed by atoms with E-state index < -0.39 is 10.0 Å². The molecule has 1 aliphatic rings. The molecule has 0 radical (unpaired) electrons. The van der Waals surface area contributed by atoms with Crippen LogP contribution in [0.2, 0.25) is 0 Å². The van der Waals surface area contributed by atoms with Crippen molar-refractivity contribution in [3.63, 3.8) is 0 Å². The molecule has 0 spiro atoms. The van der Waals surface area contributed by atoms with Crippen LogP contribution in [0.5, 0.6) is 0 Å². The van der Waals surface area contributed by atoms with Gasteiger partial charge in [-0.05, 0) is 43.3 Å². The SMILES string of the molecule is C#Cc1ccc(S(=O)(=O)N2CCN(C(=O)c3ccccc3)C[C@H]2C)cc1. The van der Waals surface area contributed by atoms with Gasteiger partial charge in [0.25, 0.3) is 5.91 Å². The van der Waals surface area contributed by atoms with Crippen LogP contribution in [0.4, 0.5) is 0 Å². The molecule has 2 aromatic carbocycles. The Morgan fingerprint density at radius 2 is 1.73 bits per heavy atom. The highest BCUT2D eigenvalue weighted by Crippen LogP contribution is 2.22. The van der Waals surface area contributed by atoms with Gasteiger partial charge in [0.1, 0.15) is 0 Å². The predicted octanol–water partition coefficient (Wildman–Crippen LogP) is 2.20. The summed E-state index contributed by atoms with van der Waals surface area (Å²) in [5, 5.41) is 0. The third-order valence-electron chi connectivity index (χ3n) is 4.50. The van der Waals surface area contributed by atoms with Crippen LogP contribution in [-0.4, -0.2) is 49.2 Å². The summed E-state index contributed by atoms with van der Waals surface area (Å²) in [7, 11) is -3.62. The molecule has 1 amide bonds. The van der Waals surface area contributed by atoms with E-state index in [1.54, 1.807) is 29.2 Å². The van der Waals surface area contributed by atoms with E-state index in [0.717, 1.165) is 0 Å². The van der Waals surface area contributed by atoms with Gasteiger partial charge in [0, 0.05) is 36.8 Å². The Labute approximate surface area is 154 Å². The fourth-order valence-corrected chi connectivity index (χ4v) is 4.72. The van der Waals surface area contributed by atoms with E-state index in [-0.39, 0.29) is 23.4 Å². The van der Waals surface area contributed by atoms with Crippen LogP contribution in [-0.2, 0) is 10.0 Å². The van der Waals surface area contributed by atoms with Crippen molar-refractivity contribution in [1.82, 2.24) is 9.21 Å². The van der Waals surface area contributed by atoms with Crippen LogP contribution in [0.3, 0.4) is 0 Å². The summed E-state index contributed by atoms with van der Waals surface area (Å²) in [6.45, 7) is 2.80. The summed E-state index contributed by atoms with van der Waals surface area (Å²) in [4.78, 5) is 14.5. The first-order chi connectivity index (χ1) is 12.4. The molecule has 0 bridgehead atoms. The zero-order chi connectivity index (χ0) is 18.7. The van der Waals surface area contributed by atoms with E-state index in [2.05, 4.69) is 5.92 Å². The van der Waals surface area contributed by atoms with Crippen molar-refractivity contribution in [3.8, 4) is 12.3 Å². The highest BCUT2D eigenvalue weighted by molar-refractivity contribution is 7.89. The van der Waals surface area contributed by atoms with Crippen LogP contribution >= 0.6 is 0 Å². The first-order valence-corrected chi connectivity index (χ1v) is 9.80. The summed E-state index contributed by atoms with van der Waals surface area (Å²) in [6.07, 6.45) is 5.32. The second-order valence-electron chi connectivity index (χ2n) is 6.25. The monoisotopic (exact) mass is 368 g/mol. The van der Waals surface area contributed by atoms with Crippen molar-refractivity contribution >= 4 is 15.9 Å². The number of carbonyl (C=O) groups is 1. The van der Waals surface area contributed by atoms with Gasteiger partial charge in [-0.2, -0.15) is 4.31 Å². The minimum absolute atomic E-state index is 0.0760. The second kappa shape index (κ2) is 7.32. The summed E-state index contributed by atoms with van der Waals surface area (Å²) < 4.78 is 27.3. The normalized spacial score (nSPS) is 18.3. The molecular weight excluding hydrogens is 348 g/mol. The van der Waals surface area contributed by atoms with Crippen LogP contribution in [0, 0.1) is 12.3 Å². The van der Waals surface area contributed by atoms with Crippen LogP contribution < -0.4 is 0 Å². The quantitative estimate of drug-likeness (QED) is 0.781. The maximum Gasteiger partial charge on any atom is 0.253 e. The number of nitrogens with zero attached hydrogens (tertiary/aromatic N) is 2. The van der Waals surface area contributed by atoms with Gasteiger partial charge in [-0.15, -0.1) is 6.42 Å². The number of rotatable bonds is 3. The topological polar surface area (TPSA) is 57.7 Å². The van der Waals surface area contributed by atoms with Gasteiger partial charge < -0.3 is 4.90 Å². The lowest BCUT2D eigenvalue weighted by Gasteiger charge is -2.39. The average molecular weight is 368 g/mol. The highest BCUT2D eigenvalue weighted by Gasteiger charge is 2.35. The number of sulfonamides is 1. The summed E-state index contributed by atoms with van der Waals surface area (Å²) in [5.74, 6) is 2.40. The lowest BCUT2D eigenvalue weighted by atomic mass is 10.1. The van der Waals surface area contributed by atoms with Crippen molar-refractivity contribution < 1.29 is 13.2 Å². The maximum atomic E-state index is 12.9. The molecule has 1 atom stereocenters. The number of terminal acetylenes is 1. The standard InChI is InChI=1S/C20H20N2O3S/c1-3-17-9-11-19(12-10-17)26(24,25)22-14-13-21(15-16(22)2)20(23)18-7-5-4-6-8-18/h1,4-12,16H,13-15H2,2H3/t16-/m1/s1. The van der Waals surface area contributed by atoms with Crippen LogP contribution in [0.1, 0.15) is 22.8 Å². The molecule has 5 nitrogen and oxygen atoms in total. The number of hydrogen-bond acceptors (Lipinski definition) is 3.